The van der Waals surface area contributed by atoms with E-state index in [0.29, 0.717) is 11.4 Å². The third-order valence-electron chi connectivity index (χ3n) is 3.89. The molecule has 0 fully saturated rings. The highest BCUT2D eigenvalue weighted by Crippen LogP contribution is 2.30. The lowest BCUT2D eigenvalue weighted by molar-refractivity contribution is -0.113. The molecule has 2 N–H and O–H groups in total. The fraction of sp³-hybridized carbons (Fsp3) is 0.211. The molecular weight excluding hydrogens is 414 g/mol. The minimum atomic E-state index is -3.83. The standard InChI is InChI=1S/C19H19N3O5S2/c1-3-27-18(24)13-6-4-5-7-14(13)20-17(23)11-28-19-21-15-10-12(2)8-9-16(15)29(25,26)22-19/h4-10H,3,11H2,1-2H3,(H,20,23)(H,21,22). The largest absolute Gasteiger partial charge is 0.462 e. The second kappa shape index (κ2) is 8.66. The van der Waals surface area contributed by atoms with Crippen molar-refractivity contribution >= 4 is 50.2 Å². The van der Waals surface area contributed by atoms with Crippen molar-refractivity contribution in [1.82, 2.24) is 0 Å². The quantitative estimate of drug-likeness (QED) is 0.697. The van der Waals surface area contributed by atoms with E-state index < -0.39 is 21.9 Å². The summed E-state index contributed by atoms with van der Waals surface area (Å²) in [6, 6.07) is 11.4. The van der Waals surface area contributed by atoms with E-state index in [1.807, 2.05) is 6.92 Å². The number of sulfonamides is 1. The van der Waals surface area contributed by atoms with Gasteiger partial charge in [0.1, 0.15) is 4.90 Å². The van der Waals surface area contributed by atoms with Gasteiger partial charge in [0, 0.05) is 0 Å². The van der Waals surface area contributed by atoms with Crippen LogP contribution in [0.4, 0.5) is 11.4 Å². The van der Waals surface area contributed by atoms with Crippen molar-refractivity contribution in [2.75, 3.05) is 23.0 Å². The third kappa shape index (κ3) is 4.96. The molecule has 0 spiro atoms. The molecule has 0 saturated heterocycles. The number of nitrogens with zero attached hydrogens (tertiary/aromatic N) is 1. The first-order valence-electron chi connectivity index (χ1n) is 8.71. The van der Waals surface area contributed by atoms with Crippen LogP contribution in [0.5, 0.6) is 0 Å². The maximum absolute atomic E-state index is 12.3. The second-order valence-corrected chi connectivity index (χ2v) is 8.64. The first-order chi connectivity index (χ1) is 13.8. The van der Waals surface area contributed by atoms with Gasteiger partial charge in [-0.3, -0.25) is 4.79 Å². The lowest BCUT2D eigenvalue weighted by atomic mass is 10.2. The van der Waals surface area contributed by atoms with Gasteiger partial charge in [0.05, 0.1) is 29.3 Å². The predicted molar refractivity (Wildman–Crippen MR) is 113 cm³/mol. The number of hydrogen-bond donors (Lipinski definition) is 2. The number of nitrogens with one attached hydrogen (secondary N) is 2. The van der Waals surface area contributed by atoms with Crippen LogP contribution in [-0.2, 0) is 19.6 Å². The summed E-state index contributed by atoms with van der Waals surface area (Å²) in [4.78, 5) is 24.4. The van der Waals surface area contributed by atoms with Crippen molar-refractivity contribution < 1.29 is 22.7 Å². The monoisotopic (exact) mass is 433 g/mol. The van der Waals surface area contributed by atoms with Crippen molar-refractivity contribution in [3.8, 4) is 0 Å². The number of rotatable bonds is 5. The zero-order valence-electron chi connectivity index (χ0n) is 15.8. The molecule has 1 aliphatic heterocycles. The van der Waals surface area contributed by atoms with Gasteiger partial charge >= 0.3 is 5.97 Å². The smallest absolute Gasteiger partial charge is 0.340 e. The Bertz CT molecular complexity index is 1100. The van der Waals surface area contributed by atoms with Gasteiger partial charge in [0.2, 0.25) is 5.91 Å². The van der Waals surface area contributed by atoms with Gasteiger partial charge < -0.3 is 15.4 Å². The SMILES string of the molecule is CCOC(=O)c1ccccc1NC(=O)CSC1=NS(=O)(=O)c2ccc(C)cc2N1. The highest BCUT2D eigenvalue weighted by molar-refractivity contribution is 8.15. The zero-order valence-corrected chi connectivity index (χ0v) is 17.4. The highest BCUT2D eigenvalue weighted by atomic mass is 32.2. The maximum Gasteiger partial charge on any atom is 0.340 e. The molecule has 1 amide bonds. The average Bonchev–Trinajstić information content (AvgIpc) is 2.66. The number of thioether (sulfide) groups is 1. The van der Waals surface area contributed by atoms with E-state index in [-0.39, 0.29) is 28.0 Å². The fourth-order valence-electron chi connectivity index (χ4n) is 2.62. The van der Waals surface area contributed by atoms with Crippen LogP contribution in [-0.4, -0.2) is 37.8 Å². The van der Waals surface area contributed by atoms with E-state index in [1.165, 1.54) is 6.07 Å². The van der Waals surface area contributed by atoms with E-state index in [1.54, 1.807) is 43.3 Å². The van der Waals surface area contributed by atoms with Crippen molar-refractivity contribution in [3.05, 3.63) is 53.6 Å². The molecule has 29 heavy (non-hydrogen) atoms. The van der Waals surface area contributed by atoms with Gasteiger partial charge in [-0.05, 0) is 43.7 Å². The molecule has 0 aliphatic carbocycles. The minimum Gasteiger partial charge on any atom is -0.462 e. The van der Waals surface area contributed by atoms with E-state index in [4.69, 9.17) is 4.74 Å². The summed E-state index contributed by atoms with van der Waals surface area (Å²) >= 11 is 0.952. The number of ether oxygens (including phenoxy) is 1. The first-order valence-corrected chi connectivity index (χ1v) is 11.1. The minimum absolute atomic E-state index is 0.0975. The van der Waals surface area contributed by atoms with Crippen molar-refractivity contribution in [2.24, 2.45) is 4.40 Å². The van der Waals surface area contributed by atoms with Gasteiger partial charge in [-0.25, -0.2) is 4.79 Å². The Morgan fingerprint density at radius 2 is 1.97 bits per heavy atom. The molecule has 152 valence electrons. The summed E-state index contributed by atoms with van der Waals surface area (Å²) in [6.45, 7) is 3.76. The summed E-state index contributed by atoms with van der Waals surface area (Å²) < 4.78 is 33.3. The molecule has 0 atom stereocenters. The predicted octanol–water partition coefficient (Wildman–Crippen LogP) is 3.01. The summed E-state index contributed by atoms with van der Waals surface area (Å²) in [5.74, 6) is -1.05. The van der Waals surface area contributed by atoms with Gasteiger partial charge in [-0.1, -0.05) is 30.0 Å². The lowest BCUT2D eigenvalue weighted by Crippen LogP contribution is -2.23. The second-order valence-electron chi connectivity index (χ2n) is 6.10. The number of esters is 1. The van der Waals surface area contributed by atoms with E-state index in [9.17, 15) is 18.0 Å². The maximum atomic E-state index is 12.3. The molecule has 0 saturated carbocycles. The number of amidine groups is 1. The number of benzene rings is 2. The number of aryl methyl sites for hydroxylation is 1. The van der Waals surface area contributed by atoms with E-state index in [2.05, 4.69) is 15.0 Å². The van der Waals surface area contributed by atoms with Crippen molar-refractivity contribution in [2.45, 2.75) is 18.7 Å². The summed E-state index contributed by atoms with van der Waals surface area (Å²) in [5.41, 5.74) is 1.89. The number of para-hydroxylation sites is 1. The Labute approximate surface area is 172 Å². The Hall–Kier alpha value is -2.85. The molecule has 0 aromatic heterocycles. The van der Waals surface area contributed by atoms with Crippen LogP contribution < -0.4 is 10.6 Å². The Kier molecular flexibility index (Phi) is 6.23. The Balaban J connectivity index is 1.68. The van der Waals surface area contributed by atoms with Crippen molar-refractivity contribution in [1.29, 1.82) is 0 Å². The molecule has 2 aromatic carbocycles. The summed E-state index contributed by atoms with van der Waals surface area (Å²) in [5, 5.41) is 5.69. The van der Waals surface area contributed by atoms with Crippen LogP contribution in [0.25, 0.3) is 0 Å². The van der Waals surface area contributed by atoms with Crippen LogP contribution in [0.1, 0.15) is 22.8 Å². The molecule has 2 aromatic rings. The normalized spacial score (nSPS) is 14.2. The molecule has 3 rings (SSSR count). The van der Waals surface area contributed by atoms with Crippen LogP contribution in [0.2, 0.25) is 0 Å². The summed E-state index contributed by atoms with van der Waals surface area (Å²) in [6.07, 6.45) is 0. The molecular formula is C19H19N3O5S2. The Morgan fingerprint density at radius 1 is 1.21 bits per heavy atom. The van der Waals surface area contributed by atoms with Crippen LogP contribution in [0.15, 0.2) is 51.8 Å². The van der Waals surface area contributed by atoms with Gasteiger partial charge in [-0.15, -0.1) is 4.40 Å². The highest BCUT2D eigenvalue weighted by Gasteiger charge is 2.25. The average molecular weight is 434 g/mol. The fourth-order valence-corrected chi connectivity index (χ4v) is 4.64. The number of carbonyl (C=O) groups excluding carboxylic acids is 2. The van der Waals surface area contributed by atoms with Crippen LogP contribution in [0.3, 0.4) is 0 Å². The lowest BCUT2D eigenvalue weighted by Gasteiger charge is -2.18. The molecule has 8 nitrogen and oxygen atoms in total. The number of amides is 1. The van der Waals surface area contributed by atoms with Gasteiger partial charge in [0.15, 0.2) is 5.17 Å². The zero-order chi connectivity index (χ0) is 21.0. The van der Waals surface area contributed by atoms with Crippen molar-refractivity contribution in [3.63, 3.8) is 0 Å². The number of hydrogen-bond acceptors (Lipinski definition) is 7. The number of carbonyl (C=O) groups is 2. The molecule has 1 aliphatic rings. The molecule has 10 heteroatoms. The summed E-state index contributed by atoms with van der Waals surface area (Å²) in [7, 11) is -3.83. The molecule has 0 bridgehead atoms. The number of fused-ring (bicyclic) bond motifs is 1. The molecule has 0 unspecified atom stereocenters. The van der Waals surface area contributed by atoms with Gasteiger partial charge in [0.25, 0.3) is 10.0 Å². The molecule has 1 heterocycles. The Morgan fingerprint density at radius 3 is 2.72 bits per heavy atom. The van der Waals surface area contributed by atoms with E-state index >= 15 is 0 Å². The molecule has 0 radical (unpaired) electrons. The van der Waals surface area contributed by atoms with Gasteiger partial charge in [-0.2, -0.15) is 8.42 Å². The third-order valence-corrected chi connectivity index (χ3v) is 6.22. The van der Waals surface area contributed by atoms with Crippen LogP contribution >= 0.6 is 11.8 Å². The van der Waals surface area contributed by atoms with E-state index in [0.717, 1.165) is 17.3 Å². The first kappa shape index (κ1) is 20.9. The topological polar surface area (TPSA) is 114 Å². The number of anilines is 2. The van der Waals surface area contributed by atoms with Crippen LogP contribution in [0, 0.1) is 6.92 Å².